The smallest absolute Gasteiger partial charge is 0.234 e. The molecular weight excluding hydrogens is 402 g/mol. The summed E-state index contributed by atoms with van der Waals surface area (Å²) >= 11 is 8.34. The van der Waals surface area contributed by atoms with E-state index in [1.807, 2.05) is 49.4 Å². The van der Waals surface area contributed by atoms with Gasteiger partial charge >= 0.3 is 0 Å². The van der Waals surface area contributed by atoms with E-state index in [0.717, 1.165) is 19.5 Å². The van der Waals surface area contributed by atoms with Crippen LogP contribution in [-0.2, 0) is 4.79 Å². The maximum atomic E-state index is 11.9. The van der Waals surface area contributed by atoms with Crippen molar-refractivity contribution < 1.29 is 4.79 Å². The summed E-state index contributed by atoms with van der Waals surface area (Å²) in [6, 6.07) is 13.8. The van der Waals surface area contributed by atoms with Gasteiger partial charge in [0.1, 0.15) is 0 Å². The highest BCUT2D eigenvalue weighted by atomic mass is 79.9. The van der Waals surface area contributed by atoms with Crippen molar-refractivity contribution in [2.45, 2.75) is 11.8 Å². The fourth-order valence-electron chi connectivity index (χ4n) is 1.56. The zero-order chi connectivity index (χ0) is 14.5. The predicted octanol–water partition coefficient (Wildman–Crippen LogP) is 5.25. The van der Waals surface area contributed by atoms with Crippen LogP contribution in [0, 0.1) is 6.92 Å². The molecule has 1 amide bonds. The Morgan fingerprint density at radius 1 is 1.15 bits per heavy atom. The lowest BCUT2D eigenvalue weighted by Gasteiger charge is -2.08. The SMILES string of the molecule is Cc1ccc(SCC(=O)Nc2cc(Br)ccc2Br)cc1. The van der Waals surface area contributed by atoms with Crippen molar-refractivity contribution >= 4 is 55.2 Å². The molecule has 0 aliphatic carbocycles. The zero-order valence-electron chi connectivity index (χ0n) is 10.8. The van der Waals surface area contributed by atoms with Gasteiger partial charge in [-0.1, -0.05) is 33.6 Å². The highest BCUT2D eigenvalue weighted by Gasteiger charge is 2.07. The van der Waals surface area contributed by atoms with E-state index in [9.17, 15) is 4.79 Å². The number of benzene rings is 2. The summed E-state index contributed by atoms with van der Waals surface area (Å²) in [6.07, 6.45) is 0. The molecule has 0 heterocycles. The first-order chi connectivity index (χ1) is 9.54. The largest absolute Gasteiger partial charge is 0.324 e. The van der Waals surface area contributed by atoms with Crippen molar-refractivity contribution in [1.82, 2.24) is 0 Å². The molecule has 0 radical (unpaired) electrons. The number of thioether (sulfide) groups is 1. The number of carbonyl (C=O) groups excluding carboxylic acids is 1. The molecule has 0 unspecified atom stereocenters. The minimum Gasteiger partial charge on any atom is -0.324 e. The summed E-state index contributed by atoms with van der Waals surface area (Å²) < 4.78 is 1.80. The Morgan fingerprint density at radius 3 is 2.55 bits per heavy atom. The van der Waals surface area contributed by atoms with Gasteiger partial charge in [0.15, 0.2) is 0 Å². The molecule has 0 fully saturated rings. The molecule has 0 bridgehead atoms. The predicted molar refractivity (Wildman–Crippen MR) is 92.4 cm³/mol. The third kappa shape index (κ3) is 4.65. The van der Waals surface area contributed by atoms with E-state index in [1.54, 1.807) is 0 Å². The van der Waals surface area contributed by atoms with E-state index >= 15 is 0 Å². The van der Waals surface area contributed by atoms with Gasteiger partial charge in [-0.25, -0.2) is 0 Å². The maximum Gasteiger partial charge on any atom is 0.234 e. The molecule has 2 aromatic carbocycles. The first-order valence-corrected chi connectivity index (χ1v) is 8.56. The van der Waals surface area contributed by atoms with Gasteiger partial charge in [0.2, 0.25) is 5.91 Å². The Kier molecular flexibility index (Phi) is 5.69. The third-order valence-corrected chi connectivity index (χ3v) is 4.79. The number of carbonyl (C=O) groups is 1. The number of amides is 1. The first-order valence-electron chi connectivity index (χ1n) is 5.99. The van der Waals surface area contributed by atoms with Gasteiger partial charge in [-0.15, -0.1) is 11.8 Å². The molecule has 0 aromatic heterocycles. The van der Waals surface area contributed by atoms with Crippen LogP contribution in [0.25, 0.3) is 0 Å². The molecule has 0 atom stereocenters. The van der Waals surface area contributed by atoms with Crippen LogP contribution in [0.15, 0.2) is 56.3 Å². The number of halogens is 2. The molecule has 20 heavy (non-hydrogen) atoms. The summed E-state index contributed by atoms with van der Waals surface area (Å²) in [5.74, 6) is 0.372. The van der Waals surface area contributed by atoms with E-state index in [-0.39, 0.29) is 5.91 Å². The van der Waals surface area contributed by atoms with E-state index in [2.05, 4.69) is 37.2 Å². The molecule has 2 aromatic rings. The fraction of sp³-hybridized carbons (Fsp3) is 0.133. The number of hydrogen-bond donors (Lipinski definition) is 1. The van der Waals surface area contributed by atoms with Crippen LogP contribution >= 0.6 is 43.6 Å². The van der Waals surface area contributed by atoms with Crippen LogP contribution in [0.4, 0.5) is 5.69 Å². The second-order valence-electron chi connectivity index (χ2n) is 4.27. The Morgan fingerprint density at radius 2 is 1.85 bits per heavy atom. The highest BCUT2D eigenvalue weighted by molar-refractivity contribution is 9.11. The van der Waals surface area contributed by atoms with Crippen molar-refractivity contribution in [1.29, 1.82) is 0 Å². The quantitative estimate of drug-likeness (QED) is 0.692. The van der Waals surface area contributed by atoms with Crippen LogP contribution in [-0.4, -0.2) is 11.7 Å². The molecule has 0 aliphatic heterocycles. The Bertz CT molecular complexity index is 614. The standard InChI is InChI=1S/C15H13Br2NOS/c1-10-2-5-12(6-3-10)20-9-15(19)18-14-8-11(16)4-7-13(14)17/h2-8H,9H2,1H3,(H,18,19). The summed E-state index contributed by atoms with van der Waals surface area (Å²) in [7, 11) is 0. The second-order valence-corrected chi connectivity index (χ2v) is 7.09. The molecule has 1 N–H and O–H groups in total. The van der Waals surface area contributed by atoms with E-state index < -0.39 is 0 Å². The first kappa shape index (κ1) is 15.6. The second kappa shape index (κ2) is 7.29. The van der Waals surface area contributed by atoms with Crippen molar-refractivity contribution in [2.75, 3.05) is 11.1 Å². The van der Waals surface area contributed by atoms with Crippen LogP contribution in [0.5, 0.6) is 0 Å². The average molecular weight is 415 g/mol. The minimum absolute atomic E-state index is 0.0191. The van der Waals surface area contributed by atoms with Gasteiger partial charge < -0.3 is 5.32 Å². The lowest BCUT2D eigenvalue weighted by molar-refractivity contribution is -0.113. The van der Waals surface area contributed by atoms with E-state index in [1.165, 1.54) is 17.3 Å². The number of anilines is 1. The van der Waals surface area contributed by atoms with E-state index in [4.69, 9.17) is 0 Å². The molecule has 5 heteroatoms. The topological polar surface area (TPSA) is 29.1 Å². The maximum absolute atomic E-state index is 11.9. The summed E-state index contributed by atoms with van der Waals surface area (Å²) in [6.45, 7) is 2.05. The normalized spacial score (nSPS) is 10.3. The average Bonchev–Trinajstić information content (AvgIpc) is 2.42. The van der Waals surface area contributed by atoms with Gasteiger partial charge in [-0.05, 0) is 53.2 Å². The van der Waals surface area contributed by atoms with Gasteiger partial charge in [0.25, 0.3) is 0 Å². The summed E-state index contributed by atoms with van der Waals surface area (Å²) in [5.41, 5.74) is 1.99. The molecule has 2 rings (SSSR count). The Balaban J connectivity index is 1.92. The molecule has 0 saturated heterocycles. The van der Waals surface area contributed by atoms with Crippen LogP contribution < -0.4 is 5.32 Å². The number of nitrogens with one attached hydrogen (secondary N) is 1. The zero-order valence-corrected chi connectivity index (χ0v) is 14.8. The molecule has 104 valence electrons. The van der Waals surface area contributed by atoms with Crippen molar-refractivity contribution in [2.24, 2.45) is 0 Å². The summed E-state index contributed by atoms with van der Waals surface area (Å²) in [4.78, 5) is 13.0. The van der Waals surface area contributed by atoms with Crippen LogP contribution in [0.1, 0.15) is 5.56 Å². The summed E-state index contributed by atoms with van der Waals surface area (Å²) in [5, 5.41) is 2.90. The van der Waals surface area contributed by atoms with Crippen molar-refractivity contribution in [3.63, 3.8) is 0 Å². The fourth-order valence-corrected chi connectivity index (χ4v) is 2.97. The van der Waals surface area contributed by atoms with Crippen LogP contribution in [0.3, 0.4) is 0 Å². The number of aryl methyl sites for hydroxylation is 1. The molecule has 2 nitrogen and oxygen atoms in total. The highest BCUT2D eigenvalue weighted by Crippen LogP contribution is 2.26. The third-order valence-electron chi connectivity index (χ3n) is 2.59. The molecular formula is C15H13Br2NOS. The molecule has 0 aliphatic rings. The van der Waals surface area contributed by atoms with E-state index in [0.29, 0.717) is 5.75 Å². The van der Waals surface area contributed by atoms with Gasteiger partial charge in [-0.2, -0.15) is 0 Å². The van der Waals surface area contributed by atoms with Crippen molar-refractivity contribution in [3.05, 3.63) is 57.0 Å². The lowest BCUT2D eigenvalue weighted by Crippen LogP contribution is -2.14. The number of hydrogen-bond acceptors (Lipinski definition) is 2. The minimum atomic E-state index is -0.0191. The number of rotatable bonds is 4. The lowest BCUT2D eigenvalue weighted by atomic mass is 10.2. The monoisotopic (exact) mass is 413 g/mol. The van der Waals surface area contributed by atoms with Crippen molar-refractivity contribution in [3.8, 4) is 0 Å². The van der Waals surface area contributed by atoms with Gasteiger partial charge in [0.05, 0.1) is 11.4 Å². The molecule has 0 spiro atoms. The van der Waals surface area contributed by atoms with Gasteiger partial charge in [0, 0.05) is 13.8 Å². The Hall–Kier alpha value is -0.780. The molecule has 0 saturated carbocycles. The van der Waals surface area contributed by atoms with Crippen LogP contribution in [0.2, 0.25) is 0 Å². The Labute approximate surface area is 139 Å². The van der Waals surface area contributed by atoms with Gasteiger partial charge in [-0.3, -0.25) is 4.79 Å².